The van der Waals surface area contributed by atoms with Gasteiger partial charge in [0.05, 0.1) is 24.8 Å². The van der Waals surface area contributed by atoms with Gasteiger partial charge in [0.15, 0.2) is 0 Å². The number of thiophene rings is 1. The summed E-state index contributed by atoms with van der Waals surface area (Å²) >= 11 is 1.44. The standard InChI is InChI=1S/C25H22FNO4S/c1-2-13-31-17-11-9-16(10-12-17)23(28)21-22(19-7-3-4-8-20(19)26)27(25(30)24(21)29)15-18-6-5-14-32-18/h3-12,14,22,28H,2,13,15H2,1H3/b23-21-. The monoisotopic (exact) mass is 451 g/mol. The molecule has 1 saturated heterocycles. The van der Waals surface area contributed by atoms with E-state index in [1.54, 1.807) is 36.4 Å². The summed E-state index contributed by atoms with van der Waals surface area (Å²) in [4.78, 5) is 28.1. The molecule has 0 saturated carbocycles. The van der Waals surface area contributed by atoms with Gasteiger partial charge in [0, 0.05) is 16.0 Å². The van der Waals surface area contributed by atoms with Gasteiger partial charge in [-0.2, -0.15) is 0 Å². The molecule has 3 aromatic rings. The van der Waals surface area contributed by atoms with E-state index in [1.807, 2.05) is 24.4 Å². The third-order valence-corrected chi connectivity index (χ3v) is 6.11. The van der Waals surface area contributed by atoms with E-state index in [0.29, 0.717) is 17.9 Å². The van der Waals surface area contributed by atoms with E-state index in [-0.39, 0.29) is 23.4 Å². The molecule has 32 heavy (non-hydrogen) atoms. The van der Waals surface area contributed by atoms with Crippen LogP contribution in [0, 0.1) is 5.82 Å². The largest absolute Gasteiger partial charge is 0.507 e. The van der Waals surface area contributed by atoms with Crippen molar-refractivity contribution >= 4 is 28.8 Å². The Morgan fingerprint density at radius 3 is 2.50 bits per heavy atom. The molecule has 2 aromatic carbocycles. The number of rotatable bonds is 7. The fraction of sp³-hybridized carbons (Fsp3) is 0.200. The first-order chi connectivity index (χ1) is 15.5. The third-order valence-electron chi connectivity index (χ3n) is 5.25. The Bertz CT molecular complexity index is 1150. The number of halogens is 1. The first-order valence-electron chi connectivity index (χ1n) is 10.3. The molecule has 4 rings (SSSR count). The minimum absolute atomic E-state index is 0.126. The Hall–Kier alpha value is -3.45. The van der Waals surface area contributed by atoms with E-state index in [4.69, 9.17) is 4.74 Å². The van der Waals surface area contributed by atoms with Crippen LogP contribution in [0.2, 0.25) is 0 Å². The number of hydrogen-bond donors (Lipinski definition) is 1. The number of ether oxygens (including phenoxy) is 1. The van der Waals surface area contributed by atoms with Gasteiger partial charge in [0.2, 0.25) is 0 Å². The molecule has 1 amide bonds. The number of nitrogens with zero attached hydrogens (tertiary/aromatic N) is 1. The van der Waals surface area contributed by atoms with Crippen LogP contribution in [0.5, 0.6) is 5.75 Å². The van der Waals surface area contributed by atoms with Crippen molar-refractivity contribution in [3.05, 3.63) is 93.4 Å². The van der Waals surface area contributed by atoms with Crippen LogP contribution in [0.1, 0.15) is 35.4 Å². The van der Waals surface area contributed by atoms with Crippen molar-refractivity contribution in [2.75, 3.05) is 6.61 Å². The summed E-state index contributed by atoms with van der Waals surface area (Å²) < 4.78 is 20.4. The Labute approximate surface area is 189 Å². The molecule has 7 heteroatoms. The molecule has 1 aliphatic rings. The Morgan fingerprint density at radius 2 is 1.84 bits per heavy atom. The molecule has 1 N–H and O–H groups in total. The van der Waals surface area contributed by atoms with Crippen LogP contribution in [0.3, 0.4) is 0 Å². The molecule has 1 aromatic heterocycles. The molecule has 1 fully saturated rings. The van der Waals surface area contributed by atoms with Gasteiger partial charge in [0.25, 0.3) is 11.7 Å². The zero-order chi connectivity index (χ0) is 22.7. The topological polar surface area (TPSA) is 66.8 Å². The highest BCUT2D eigenvalue weighted by Crippen LogP contribution is 2.41. The third kappa shape index (κ3) is 4.16. The van der Waals surface area contributed by atoms with Gasteiger partial charge in [-0.1, -0.05) is 31.2 Å². The average Bonchev–Trinajstić information content (AvgIpc) is 3.40. The van der Waals surface area contributed by atoms with E-state index in [0.717, 1.165) is 11.3 Å². The molecule has 164 valence electrons. The van der Waals surface area contributed by atoms with E-state index >= 15 is 0 Å². The van der Waals surface area contributed by atoms with Crippen molar-refractivity contribution < 1.29 is 23.8 Å². The maximum atomic E-state index is 14.8. The minimum Gasteiger partial charge on any atom is -0.507 e. The normalized spacial score (nSPS) is 17.7. The highest BCUT2D eigenvalue weighted by atomic mass is 32.1. The fourth-order valence-electron chi connectivity index (χ4n) is 3.72. The lowest BCUT2D eigenvalue weighted by Crippen LogP contribution is -2.29. The molecule has 0 aliphatic carbocycles. The Kier molecular flexibility index (Phi) is 6.37. The lowest BCUT2D eigenvalue weighted by atomic mass is 9.95. The van der Waals surface area contributed by atoms with Gasteiger partial charge in [0.1, 0.15) is 17.3 Å². The lowest BCUT2D eigenvalue weighted by Gasteiger charge is -2.25. The number of aliphatic hydroxyl groups is 1. The van der Waals surface area contributed by atoms with Crippen LogP contribution < -0.4 is 4.74 Å². The molecule has 1 unspecified atom stereocenters. The first-order valence-corrected chi connectivity index (χ1v) is 11.2. The minimum atomic E-state index is -1.03. The molecule has 1 atom stereocenters. The van der Waals surface area contributed by atoms with Crippen molar-refractivity contribution in [2.45, 2.75) is 25.9 Å². The molecule has 2 heterocycles. The maximum absolute atomic E-state index is 14.8. The highest BCUT2D eigenvalue weighted by molar-refractivity contribution is 7.09. The van der Waals surface area contributed by atoms with Crippen LogP contribution in [0.15, 0.2) is 71.6 Å². The molecular formula is C25H22FNO4S. The number of aliphatic hydroxyl groups excluding tert-OH is 1. The summed E-state index contributed by atoms with van der Waals surface area (Å²) in [5.74, 6) is -1.86. The van der Waals surface area contributed by atoms with Gasteiger partial charge in [-0.3, -0.25) is 9.59 Å². The van der Waals surface area contributed by atoms with E-state index < -0.39 is 23.5 Å². The van der Waals surface area contributed by atoms with Gasteiger partial charge in [-0.15, -0.1) is 11.3 Å². The second-order valence-corrected chi connectivity index (χ2v) is 8.43. The van der Waals surface area contributed by atoms with Crippen LogP contribution in [-0.2, 0) is 16.1 Å². The van der Waals surface area contributed by atoms with Gasteiger partial charge >= 0.3 is 0 Å². The van der Waals surface area contributed by atoms with Gasteiger partial charge in [-0.05, 0) is 48.2 Å². The quantitative estimate of drug-likeness (QED) is 0.301. The van der Waals surface area contributed by atoms with Crippen LogP contribution in [-0.4, -0.2) is 28.3 Å². The predicted molar refractivity (Wildman–Crippen MR) is 121 cm³/mol. The second-order valence-electron chi connectivity index (χ2n) is 7.40. The summed E-state index contributed by atoms with van der Waals surface area (Å²) in [7, 11) is 0. The smallest absolute Gasteiger partial charge is 0.295 e. The van der Waals surface area contributed by atoms with Crippen molar-refractivity contribution in [2.24, 2.45) is 0 Å². The van der Waals surface area contributed by atoms with Crippen LogP contribution in [0.25, 0.3) is 5.76 Å². The van der Waals surface area contributed by atoms with Crippen LogP contribution in [0.4, 0.5) is 4.39 Å². The van der Waals surface area contributed by atoms with Crippen molar-refractivity contribution in [3.8, 4) is 5.75 Å². The van der Waals surface area contributed by atoms with Gasteiger partial charge in [-0.25, -0.2) is 4.39 Å². The zero-order valence-corrected chi connectivity index (χ0v) is 18.3. The SMILES string of the molecule is CCCOc1ccc(/C(O)=C2/C(=O)C(=O)N(Cc3cccs3)C2c2ccccc2F)cc1. The summed E-state index contributed by atoms with van der Waals surface area (Å²) in [6.45, 7) is 2.70. The number of Topliss-reactive ketones (excluding diaryl/α,β-unsaturated/α-hetero) is 1. The van der Waals surface area contributed by atoms with Gasteiger partial charge < -0.3 is 14.7 Å². The Morgan fingerprint density at radius 1 is 1.09 bits per heavy atom. The number of benzene rings is 2. The first kappa shape index (κ1) is 21.8. The number of amides is 1. The maximum Gasteiger partial charge on any atom is 0.295 e. The summed E-state index contributed by atoms with van der Waals surface area (Å²) in [5.41, 5.74) is 0.385. The van der Waals surface area contributed by atoms with E-state index in [1.165, 1.54) is 28.4 Å². The lowest BCUT2D eigenvalue weighted by molar-refractivity contribution is -0.140. The predicted octanol–water partition coefficient (Wildman–Crippen LogP) is 5.30. The molecule has 0 radical (unpaired) electrons. The van der Waals surface area contributed by atoms with Crippen molar-refractivity contribution in [3.63, 3.8) is 0 Å². The van der Waals surface area contributed by atoms with Crippen molar-refractivity contribution in [1.29, 1.82) is 0 Å². The molecular weight excluding hydrogens is 429 g/mol. The Balaban J connectivity index is 1.80. The molecule has 5 nitrogen and oxygen atoms in total. The van der Waals surface area contributed by atoms with Crippen molar-refractivity contribution in [1.82, 2.24) is 4.90 Å². The fourth-order valence-corrected chi connectivity index (χ4v) is 4.42. The van der Waals surface area contributed by atoms with Crippen LogP contribution >= 0.6 is 11.3 Å². The summed E-state index contributed by atoms with van der Waals surface area (Å²) in [6, 6.07) is 15.3. The summed E-state index contributed by atoms with van der Waals surface area (Å²) in [6.07, 6.45) is 0.859. The number of likely N-dealkylation sites (tertiary alicyclic amines) is 1. The number of ketones is 1. The number of carbonyl (C=O) groups excluding carboxylic acids is 2. The summed E-state index contributed by atoms with van der Waals surface area (Å²) in [5, 5.41) is 12.9. The molecule has 0 bridgehead atoms. The zero-order valence-electron chi connectivity index (χ0n) is 17.5. The second kappa shape index (κ2) is 9.36. The highest BCUT2D eigenvalue weighted by Gasteiger charge is 2.47. The number of hydrogen-bond acceptors (Lipinski definition) is 5. The average molecular weight is 452 g/mol. The van der Waals surface area contributed by atoms with E-state index in [2.05, 4.69) is 0 Å². The van der Waals surface area contributed by atoms with E-state index in [9.17, 15) is 19.1 Å². The molecule has 1 aliphatic heterocycles. The molecule has 0 spiro atoms. The number of carbonyl (C=O) groups is 2.